The lowest BCUT2D eigenvalue weighted by atomic mass is 9.96. The zero-order valence-electron chi connectivity index (χ0n) is 12.3. The van der Waals surface area contributed by atoms with E-state index in [2.05, 4.69) is 5.32 Å². The fourth-order valence-electron chi connectivity index (χ4n) is 1.48. The second-order valence-electron chi connectivity index (χ2n) is 5.54. The normalized spacial score (nSPS) is 12.7. The van der Waals surface area contributed by atoms with Crippen molar-refractivity contribution in [3.8, 4) is 11.5 Å². The van der Waals surface area contributed by atoms with Gasteiger partial charge in [-0.2, -0.15) is 0 Å². The van der Waals surface area contributed by atoms with Crippen LogP contribution in [-0.4, -0.2) is 25.7 Å². The minimum Gasteiger partial charge on any atom is -0.493 e. The van der Waals surface area contributed by atoms with Crippen LogP contribution in [0.3, 0.4) is 0 Å². The van der Waals surface area contributed by atoms with Gasteiger partial charge in [0.15, 0.2) is 11.5 Å². The van der Waals surface area contributed by atoms with Gasteiger partial charge in [-0.1, -0.05) is 32.9 Å². The first kappa shape index (κ1) is 15.3. The van der Waals surface area contributed by atoms with Gasteiger partial charge in [0, 0.05) is 5.41 Å². The maximum Gasteiger partial charge on any atom is 0.225 e. The van der Waals surface area contributed by atoms with Gasteiger partial charge in [0.1, 0.15) is 6.10 Å². The molecule has 0 bridgehead atoms. The molecule has 0 aromatic heterocycles. The third-order valence-electron chi connectivity index (χ3n) is 2.63. The van der Waals surface area contributed by atoms with Gasteiger partial charge in [-0.15, -0.1) is 0 Å². The van der Waals surface area contributed by atoms with E-state index in [0.29, 0.717) is 18.0 Å². The molecule has 0 saturated carbocycles. The predicted octanol–water partition coefficient (Wildman–Crippen LogP) is 2.62. The van der Waals surface area contributed by atoms with E-state index in [9.17, 15) is 4.79 Å². The molecule has 1 N–H and O–H groups in total. The third kappa shape index (κ3) is 4.81. The molecular weight excluding hydrogens is 242 g/mol. The number of carbonyl (C=O) groups excluding carboxylic acids is 1. The summed E-state index contributed by atoms with van der Waals surface area (Å²) < 4.78 is 11.0. The lowest BCUT2D eigenvalue weighted by molar-refractivity contribution is -0.128. The Morgan fingerprint density at radius 2 is 1.84 bits per heavy atom. The Labute approximate surface area is 115 Å². The Morgan fingerprint density at radius 1 is 1.26 bits per heavy atom. The summed E-state index contributed by atoms with van der Waals surface area (Å²) in [5, 5.41) is 2.88. The Balaban J connectivity index is 2.52. The molecule has 19 heavy (non-hydrogen) atoms. The van der Waals surface area contributed by atoms with Crippen LogP contribution in [0.2, 0.25) is 0 Å². The molecular formula is C15H23NO3. The van der Waals surface area contributed by atoms with Gasteiger partial charge in [-0.3, -0.25) is 4.79 Å². The first-order valence-electron chi connectivity index (χ1n) is 6.42. The molecule has 0 heterocycles. The average Bonchev–Trinajstić information content (AvgIpc) is 2.35. The van der Waals surface area contributed by atoms with Crippen molar-refractivity contribution in [2.75, 3.05) is 13.7 Å². The second-order valence-corrected chi connectivity index (χ2v) is 5.54. The largest absolute Gasteiger partial charge is 0.493 e. The average molecular weight is 265 g/mol. The summed E-state index contributed by atoms with van der Waals surface area (Å²) in [4.78, 5) is 11.8. The highest BCUT2D eigenvalue weighted by Gasteiger charge is 2.21. The fourth-order valence-corrected chi connectivity index (χ4v) is 1.48. The highest BCUT2D eigenvalue weighted by molar-refractivity contribution is 5.81. The van der Waals surface area contributed by atoms with E-state index in [1.54, 1.807) is 7.11 Å². The Bertz CT molecular complexity index is 424. The van der Waals surface area contributed by atoms with Crippen LogP contribution in [-0.2, 0) is 4.79 Å². The third-order valence-corrected chi connectivity index (χ3v) is 2.63. The predicted molar refractivity (Wildman–Crippen MR) is 75.5 cm³/mol. The van der Waals surface area contributed by atoms with Crippen molar-refractivity contribution in [3.05, 3.63) is 24.3 Å². The SMILES string of the molecule is COc1ccccc1O[C@H](C)CNC(=O)C(C)(C)C. The smallest absolute Gasteiger partial charge is 0.225 e. The van der Waals surface area contributed by atoms with Crippen LogP contribution in [0.15, 0.2) is 24.3 Å². The van der Waals surface area contributed by atoms with E-state index >= 15 is 0 Å². The first-order chi connectivity index (χ1) is 8.84. The minimum atomic E-state index is -0.385. The van der Waals surface area contributed by atoms with E-state index in [0.717, 1.165) is 0 Å². The number of carbonyl (C=O) groups is 1. The quantitative estimate of drug-likeness (QED) is 0.890. The molecule has 1 amide bonds. The van der Waals surface area contributed by atoms with E-state index in [1.807, 2.05) is 52.0 Å². The van der Waals surface area contributed by atoms with Crippen LogP contribution < -0.4 is 14.8 Å². The second kappa shape index (κ2) is 6.45. The van der Waals surface area contributed by atoms with Crippen LogP contribution in [0, 0.1) is 5.41 Å². The number of nitrogens with one attached hydrogen (secondary N) is 1. The first-order valence-corrected chi connectivity index (χ1v) is 6.42. The van der Waals surface area contributed by atoms with Crippen molar-refractivity contribution >= 4 is 5.91 Å². The standard InChI is InChI=1S/C15H23NO3/c1-11(10-16-14(17)15(2,3)4)19-13-9-7-6-8-12(13)18-5/h6-9,11H,10H2,1-5H3,(H,16,17)/t11-/m1/s1. The topological polar surface area (TPSA) is 47.6 Å². The number of benzene rings is 1. The van der Waals surface area contributed by atoms with Gasteiger partial charge >= 0.3 is 0 Å². The molecule has 0 unspecified atom stereocenters. The van der Waals surface area contributed by atoms with E-state index in [4.69, 9.17) is 9.47 Å². The summed E-state index contributed by atoms with van der Waals surface area (Å²) in [6, 6.07) is 7.47. The number of hydrogen-bond acceptors (Lipinski definition) is 3. The number of rotatable bonds is 5. The molecule has 106 valence electrons. The van der Waals surface area contributed by atoms with Gasteiger partial charge in [0.2, 0.25) is 5.91 Å². The van der Waals surface area contributed by atoms with Crippen molar-refractivity contribution in [1.82, 2.24) is 5.32 Å². The summed E-state index contributed by atoms with van der Waals surface area (Å²) in [6.07, 6.45) is -0.123. The van der Waals surface area contributed by atoms with E-state index in [1.165, 1.54) is 0 Å². The van der Waals surface area contributed by atoms with Crippen LogP contribution in [0.1, 0.15) is 27.7 Å². The Morgan fingerprint density at radius 3 is 2.37 bits per heavy atom. The molecule has 1 rings (SSSR count). The van der Waals surface area contributed by atoms with E-state index < -0.39 is 0 Å². The summed E-state index contributed by atoms with van der Waals surface area (Å²) in [5.41, 5.74) is -0.385. The van der Waals surface area contributed by atoms with Crippen molar-refractivity contribution in [3.63, 3.8) is 0 Å². The summed E-state index contributed by atoms with van der Waals surface area (Å²) in [7, 11) is 1.61. The molecule has 4 nitrogen and oxygen atoms in total. The molecule has 0 aliphatic carbocycles. The molecule has 0 aliphatic heterocycles. The Kier molecular flexibility index (Phi) is 5.21. The van der Waals surface area contributed by atoms with Crippen LogP contribution in [0.25, 0.3) is 0 Å². The molecule has 1 atom stereocenters. The molecule has 0 spiro atoms. The van der Waals surface area contributed by atoms with Crippen molar-refractivity contribution in [1.29, 1.82) is 0 Å². The summed E-state index contributed by atoms with van der Waals surface area (Å²) in [6.45, 7) is 8.03. The molecule has 4 heteroatoms. The van der Waals surface area contributed by atoms with Gasteiger partial charge in [-0.05, 0) is 19.1 Å². The van der Waals surface area contributed by atoms with E-state index in [-0.39, 0.29) is 17.4 Å². The number of ether oxygens (including phenoxy) is 2. The number of amides is 1. The van der Waals surface area contributed by atoms with Crippen LogP contribution in [0.4, 0.5) is 0 Å². The zero-order valence-corrected chi connectivity index (χ0v) is 12.3. The maximum atomic E-state index is 11.8. The zero-order chi connectivity index (χ0) is 14.5. The lowest BCUT2D eigenvalue weighted by Gasteiger charge is -2.21. The lowest BCUT2D eigenvalue weighted by Crippen LogP contribution is -2.40. The van der Waals surface area contributed by atoms with Gasteiger partial charge in [0.25, 0.3) is 0 Å². The number of methoxy groups -OCH3 is 1. The highest BCUT2D eigenvalue weighted by atomic mass is 16.5. The monoisotopic (exact) mass is 265 g/mol. The number of para-hydroxylation sites is 2. The molecule has 1 aromatic carbocycles. The highest BCUT2D eigenvalue weighted by Crippen LogP contribution is 2.26. The van der Waals surface area contributed by atoms with Gasteiger partial charge in [0.05, 0.1) is 13.7 Å². The van der Waals surface area contributed by atoms with Crippen molar-refractivity contribution in [2.45, 2.75) is 33.8 Å². The summed E-state index contributed by atoms with van der Waals surface area (Å²) >= 11 is 0. The van der Waals surface area contributed by atoms with Gasteiger partial charge in [-0.25, -0.2) is 0 Å². The molecule has 0 aliphatic rings. The molecule has 1 aromatic rings. The summed E-state index contributed by atoms with van der Waals surface area (Å²) in [5.74, 6) is 1.39. The Hall–Kier alpha value is -1.71. The number of hydrogen-bond donors (Lipinski definition) is 1. The van der Waals surface area contributed by atoms with Gasteiger partial charge < -0.3 is 14.8 Å². The van der Waals surface area contributed by atoms with Crippen molar-refractivity contribution in [2.24, 2.45) is 5.41 Å². The minimum absolute atomic E-state index is 0.0166. The molecule has 0 radical (unpaired) electrons. The van der Waals surface area contributed by atoms with Crippen LogP contribution >= 0.6 is 0 Å². The molecule has 0 fully saturated rings. The fraction of sp³-hybridized carbons (Fsp3) is 0.533. The molecule has 0 saturated heterocycles. The van der Waals surface area contributed by atoms with Crippen LogP contribution in [0.5, 0.6) is 11.5 Å². The maximum absolute atomic E-state index is 11.8. The van der Waals surface area contributed by atoms with Crippen molar-refractivity contribution < 1.29 is 14.3 Å².